The van der Waals surface area contributed by atoms with Gasteiger partial charge in [-0.2, -0.15) is 0 Å². The lowest BCUT2D eigenvalue weighted by atomic mass is 10.00. The fourth-order valence-corrected chi connectivity index (χ4v) is 3.00. The average Bonchev–Trinajstić information content (AvgIpc) is 2.54. The molecule has 3 heteroatoms. The van der Waals surface area contributed by atoms with Gasteiger partial charge in [0.2, 0.25) is 0 Å². The van der Waals surface area contributed by atoms with E-state index in [0.717, 1.165) is 23.2 Å². The van der Waals surface area contributed by atoms with Crippen molar-refractivity contribution in [3.05, 3.63) is 65.2 Å². The molecular formula is C19H22N2O. The minimum Gasteiger partial charge on any atom is -0.361 e. The van der Waals surface area contributed by atoms with E-state index in [1.807, 2.05) is 35.2 Å². The number of amides is 1. The van der Waals surface area contributed by atoms with Gasteiger partial charge in [-0.25, -0.2) is 0 Å². The van der Waals surface area contributed by atoms with E-state index in [1.54, 1.807) is 0 Å². The van der Waals surface area contributed by atoms with E-state index < -0.39 is 0 Å². The van der Waals surface area contributed by atoms with Crippen molar-refractivity contribution in [2.45, 2.75) is 39.4 Å². The summed E-state index contributed by atoms with van der Waals surface area (Å²) in [6.45, 7) is 6.30. The zero-order chi connectivity index (χ0) is 15.7. The Morgan fingerprint density at radius 1 is 1.18 bits per heavy atom. The van der Waals surface area contributed by atoms with Crippen molar-refractivity contribution < 1.29 is 4.79 Å². The first kappa shape index (κ1) is 14.6. The molecule has 0 aromatic heterocycles. The Morgan fingerprint density at radius 3 is 2.68 bits per heavy atom. The smallest absolute Gasteiger partial charge is 0.258 e. The Kier molecular flexibility index (Phi) is 3.88. The SMILES string of the molecule is CC[C@@H](C)N1C(=O)c2ccccc2N[C@@H]1c1cccc(C)c1. The van der Waals surface area contributed by atoms with Gasteiger partial charge < -0.3 is 10.2 Å². The van der Waals surface area contributed by atoms with Crippen LogP contribution >= 0.6 is 0 Å². The van der Waals surface area contributed by atoms with E-state index in [4.69, 9.17) is 0 Å². The molecule has 0 spiro atoms. The Hall–Kier alpha value is -2.29. The number of nitrogens with zero attached hydrogens (tertiary/aromatic N) is 1. The number of rotatable bonds is 3. The zero-order valence-electron chi connectivity index (χ0n) is 13.3. The molecule has 0 unspecified atom stereocenters. The van der Waals surface area contributed by atoms with Crippen LogP contribution in [-0.2, 0) is 0 Å². The molecule has 1 N–H and O–H groups in total. The van der Waals surface area contributed by atoms with Crippen molar-refractivity contribution >= 4 is 11.6 Å². The first-order valence-corrected chi connectivity index (χ1v) is 7.86. The lowest BCUT2D eigenvalue weighted by molar-refractivity contribution is 0.0593. The number of hydrogen-bond acceptors (Lipinski definition) is 2. The Labute approximate surface area is 132 Å². The van der Waals surface area contributed by atoms with Gasteiger partial charge in [-0.1, -0.05) is 48.9 Å². The van der Waals surface area contributed by atoms with Gasteiger partial charge in [0.15, 0.2) is 0 Å². The highest BCUT2D eigenvalue weighted by Crippen LogP contribution is 2.35. The highest BCUT2D eigenvalue weighted by atomic mass is 16.2. The van der Waals surface area contributed by atoms with E-state index in [-0.39, 0.29) is 18.1 Å². The van der Waals surface area contributed by atoms with E-state index in [0.29, 0.717) is 0 Å². The number of carbonyl (C=O) groups excluding carboxylic acids is 1. The quantitative estimate of drug-likeness (QED) is 0.912. The third kappa shape index (κ3) is 2.47. The number of carbonyl (C=O) groups is 1. The van der Waals surface area contributed by atoms with Gasteiger partial charge in [-0.05, 0) is 38.0 Å². The molecular weight excluding hydrogens is 272 g/mol. The van der Waals surface area contributed by atoms with Crippen LogP contribution in [0.4, 0.5) is 5.69 Å². The summed E-state index contributed by atoms with van der Waals surface area (Å²) in [7, 11) is 0. The number of para-hydroxylation sites is 1. The second-order valence-electron chi connectivity index (χ2n) is 5.98. The largest absolute Gasteiger partial charge is 0.361 e. The third-order valence-electron chi connectivity index (χ3n) is 4.39. The number of aryl methyl sites for hydroxylation is 1. The summed E-state index contributed by atoms with van der Waals surface area (Å²) in [6, 6.07) is 16.3. The molecule has 1 aliphatic rings. The molecule has 0 fully saturated rings. The van der Waals surface area contributed by atoms with Crippen LogP contribution in [0.2, 0.25) is 0 Å². The number of hydrogen-bond donors (Lipinski definition) is 1. The van der Waals surface area contributed by atoms with Gasteiger partial charge in [0.1, 0.15) is 6.17 Å². The maximum atomic E-state index is 13.0. The molecule has 22 heavy (non-hydrogen) atoms. The molecule has 114 valence electrons. The highest BCUT2D eigenvalue weighted by Gasteiger charge is 2.35. The minimum absolute atomic E-state index is 0.107. The van der Waals surface area contributed by atoms with E-state index >= 15 is 0 Å². The van der Waals surface area contributed by atoms with Crippen LogP contribution < -0.4 is 5.32 Å². The van der Waals surface area contributed by atoms with Crippen LogP contribution in [0.1, 0.15) is 47.9 Å². The first-order valence-electron chi connectivity index (χ1n) is 7.86. The average molecular weight is 294 g/mol. The molecule has 1 heterocycles. The van der Waals surface area contributed by atoms with Crippen LogP contribution in [0.5, 0.6) is 0 Å². The standard InChI is InChI=1S/C19H22N2O/c1-4-14(3)21-18(15-9-7-8-13(2)12-15)20-17-11-6-5-10-16(17)19(21)22/h5-12,14,18,20H,4H2,1-3H3/t14-,18+/m1/s1. The van der Waals surface area contributed by atoms with E-state index in [2.05, 4.69) is 44.3 Å². The van der Waals surface area contributed by atoms with Crippen LogP contribution in [0.3, 0.4) is 0 Å². The van der Waals surface area contributed by atoms with Crippen molar-refractivity contribution in [1.82, 2.24) is 4.90 Å². The van der Waals surface area contributed by atoms with Crippen LogP contribution in [-0.4, -0.2) is 16.8 Å². The summed E-state index contributed by atoms with van der Waals surface area (Å²) in [4.78, 5) is 14.9. The Balaban J connectivity index is 2.09. The van der Waals surface area contributed by atoms with Crippen molar-refractivity contribution in [2.75, 3.05) is 5.32 Å². The molecule has 0 bridgehead atoms. The van der Waals surface area contributed by atoms with Crippen molar-refractivity contribution in [2.24, 2.45) is 0 Å². The molecule has 0 aliphatic carbocycles. The van der Waals surface area contributed by atoms with E-state index in [9.17, 15) is 4.79 Å². The summed E-state index contributed by atoms with van der Waals surface area (Å²) in [5.74, 6) is 0.107. The van der Waals surface area contributed by atoms with Crippen molar-refractivity contribution in [1.29, 1.82) is 0 Å². The molecule has 3 rings (SSSR count). The second kappa shape index (κ2) is 5.84. The topological polar surface area (TPSA) is 32.3 Å². The predicted octanol–water partition coefficient (Wildman–Crippen LogP) is 4.36. The normalized spacial score (nSPS) is 18.6. The zero-order valence-corrected chi connectivity index (χ0v) is 13.3. The number of anilines is 1. The maximum Gasteiger partial charge on any atom is 0.258 e. The predicted molar refractivity (Wildman–Crippen MR) is 89.9 cm³/mol. The van der Waals surface area contributed by atoms with Crippen molar-refractivity contribution in [3.63, 3.8) is 0 Å². The van der Waals surface area contributed by atoms with Gasteiger partial charge in [0, 0.05) is 11.7 Å². The number of nitrogens with one attached hydrogen (secondary N) is 1. The fourth-order valence-electron chi connectivity index (χ4n) is 3.00. The molecule has 1 aliphatic heterocycles. The molecule has 0 saturated carbocycles. The molecule has 3 nitrogen and oxygen atoms in total. The molecule has 1 amide bonds. The minimum atomic E-state index is -0.114. The molecule has 2 aromatic rings. The Morgan fingerprint density at radius 2 is 1.95 bits per heavy atom. The van der Waals surface area contributed by atoms with Gasteiger partial charge in [-0.3, -0.25) is 4.79 Å². The summed E-state index contributed by atoms with van der Waals surface area (Å²) < 4.78 is 0. The molecule has 2 aromatic carbocycles. The van der Waals surface area contributed by atoms with Crippen LogP contribution in [0.15, 0.2) is 48.5 Å². The van der Waals surface area contributed by atoms with Gasteiger partial charge in [0.25, 0.3) is 5.91 Å². The Bertz CT molecular complexity index is 695. The summed E-state index contributed by atoms with van der Waals surface area (Å²) in [5.41, 5.74) is 4.00. The molecule has 2 atom stereocenters. The van der Waals surface area contributed by atoms with Crippen LogP contribution in [0.25, 0.3) is 0 Å². The van der Waals surface area contributed by atoms with E-state index in [1.165, 1.54) is 5.56 Å². The van der Waals surface area contributed by atoms with Crippen LogP contribution in [0, 0.1) is 6.92 Å². The second-order valence-corrected chi connectivity index (χ2v) is 5.98. The lowest BCUT2D eigenvalue weighted by Gasteiger charge is -2.41. The number of benzene rings is 2. The third-order valence-corrected chi connectivity index (χ3v) is 4.39. The van der Waals surface area contributed by atoms with Crippen molar-refractivity contribution in [3.8, 4) is 0 Å². The highest BCUT2D eigenvalue weighted by molar-refractivity contribution is 6.01. The summed E-state index contributed by atoms with van der Waals surface area (Å²) in [6.07, 6.45) is 0.815. The summed E-state index contributed by atoms with van der Waals surface area (Å²) >= 11 is 0. The van der Waals surface area contributed by atoms with Gasteiger partial charge in [-0.15, -0.1) is 0 Å². The monoisotopic (exact) mass is 294 g/mol. The lowest BCUT2D eigenvalue weighted by Crippen LogP contribution is -2.47. The van der Waals surface area contributed by atoms with Gasteiger partial charge in [0.05, 0.1) is 5.56 Å². The molecule has 0 radical (unpaired) electrons. The number of fused-ring (bicyclic) bond motifs is 1. The first-order chi connectivity index (χ1) is 10.6. The van der Waals surface area contributed by atoms with Gasteiger partial charge >= 0.3 is 0 Å². The summed E-state index contributed by atoms with van der Waals surface area (Å²) in [5, 5.41) is 3.54. The molecule has 0 saturated heterocycles. The fraction of sp³-hybridized carbons (Fsp3) is 0.316. The maximum absolute atomic E-state index is 13.0.